The first-order chi connectivity index (χ1) is 7.74. The number of methoxy groups -OCH3 is 1. The van der Waals surface area contributed by atoms with Gasteiger partial charge >= 0.3 is 0 Å². The van der Waals surface area contributed by atoms with Crippen molar-refractivity contribution in [2.45, 2.75) is 13.5 Å². The highest BCUT2D eigenvalue weighted by Crippen LogP contribution is 2.31. The van der Waals surface area contributed by atoms with Crippen molar-refractivity contribution in [3.63, 3.8) is 0 Å². The molecule has 0 unspecified atom stereocenters. The number of rotatable bonds is 3. The lowest BCUT2D eigenvalue weighted by atomic mass is 10.1. The molecule has 0 radical (unpaired) electrons. The minimum atomic E-state index is 0.485. The SMILES string of the molecule is COc1ccc(C)cc1-c1csc(CN)n1. The Morgan fingerprint density at radius 3 is 2.88 bits per heavy atom. The van der Waals surface area contributed by atoms with Crippen LogP contribution < -0.4 is 10.5 Å². The topological polar surface area (TPSA) is 48.1 Å². The van der Waals surface area contributed by atoms with E-state index in [2.05, 4.69) is 18.0 Å². The van der Waals surface area contributed by atoms with Gasteiger partial charge < -0.3 is 10.5 Å². The molecule has 0 aliphatic heterocycles. The largest absolute Gasteiger partial charge is 0.496 e. The van der Waals surface area contributed by atoms with Crippen LogP contribution >= 0.6 is 11.3 Å². The third-order valence-electron chi connectivity index (χ3n) is 2.36. The highest BCUT2D eigenvalue weighted by Gasteiger charge is 2.09. The number of aryl methyl sites for hydroxylation is 1. The van der Waals surface area contributed by atoms with Gasteiger partial charge in [0.2, 0.25) is 0 Å². The molecule has 1 aromatic carbocycles. The number of ether oxygens (including phenoxy) is 1. The smallest absolute Gasteiger partial charge is 0.128 e. The molecule has 2 aromatic rings. The summed E-state index contributed by atoms with van der Waals surface area (Å²) >= 11 is 1.58. The van der Waals surface area contributed by atoms with Gasteiger partial charge in [-0.3, -0.25) is 0 Å². The number of thiazole rings is 1. The first-order valence-electron chi connectivity index (χ1n) is 5.04. The van der Waals surface area contributed by atoms with Crippen LogP contribution in [0.15, 0.2) is 23.6 Å². The van der Waals surface area contributed by atoms with Gasteiger partial charge in [-0.25, -0.2) is 4.98 Å². The van der Waals surface area contributed by atoms with Gasteiger partial charge in [0.15, 0.2) is 0 Å². The van der Waals surface area contributed by atoms with Crippen molar-refractivity contribution in [3.05, 3.63) is 34.2 Å². The molecule has 1 aromatic heterocycles. The number of hydrogen-bond acceptors (Lipinski definition) is 4. The van der Waals surface area contributed by atoms with E-state index in [-0.39, 0.29) is 0 Å². The van der Waals surface area contributed by atoms with Crippen LogP contribution in [0.1, 0.15) is 10.6 Å². The average Bonchev–Trinajstić information content (AvgIpc) is 2.77. The van der Waals surface area contributed by atoms with E-state index < -0.39 is 0 Å². The average molecular weight is 234 g/mol. The normalized spacial score (nSPS) is 10.4. The lowest BCUT2D eigenvalue weighted by molar-refractivity contribution is 0.416. The third-order valence-corrected chi connectivity index (χ3v) is 3.23. The quantitative estimate of drug-likeness (QED) is 0.888. The van der Waals surface area contributed by atoms with Crippen molar-refractivity contribution in [2.75, 3.05) is 7.11 Å². The molecule has 4 heteroatoms. The highest BCUT2D eigenvalue weighted by atomic mass is 32.1. The zero-order valence-corrected chi connectivity index (χ0v) is 10.2. The van der Waals surface area contributed by atoms with Crippen LogP contribution in [-0.4, -0.2) is 12.1 Å². The number of nitrogens with two attached hydrogens (primary N) is 1. The molecule has 0 amide bonds. The van der Waals surface area contributed by atoms with Crippen LogP contribution in [0.2, 0.25) is 0 Å². The molecule has 84 valence electrons. The van der Waals surface area contributed by atoms with Crippen LogP contribution in [-0.2, 0) is 6.54 Å². The second-order valence-electron chi connectivity index (χ2n) is 3.53. The molecule has 0 saturated carbocycles. The van der Waals surface area contributed by atoms with Crippen LogP contribution in [0.5, 0.6) is 5.75 Å². The molecular weight excluding hydrogens is 220 g/mol. The van der Waals surface area contributed by atoms with E-state index >= 15 is 0 Å². The predicted octanol–water partition coefficient (Wildman–Crippen LogP) is 2.59. The standard InChI is InChI=1S/C12H14N2OS/c1-8-3-4-11(15-2)9(5-8)10-7-16-12(6-13)14-10/h3-5,7H,6,13H2,1-2H3. The molecule has 0 fully saturated rings. The van der Waals surface area contributed by atoms with E-state index in [0.717, 1.165) is 22.0 Å². The molecule has 2 rings (SSSR count). The number of aromatic nitrogens is 1. The van der Waals surface area contributed by atoms with E-state index in [0.29, 0.717) is 6.54 Å². The summed E-state index contributed by atoms with van der Waals surface area (Å²) in [5, 5.41) is 2.96. The Morgan fingerprint density at radius 2 is 2.25 bits per heavy atom. The van der Waals surface area contributed by atoms with Gasteiger partial charge in [-0.05, 0) is 19.1 Å². The Balaban J connectivity index is 2.49. The molecule has 0 saturated heterocycles. The fourth-order valence-electron chi connectivity index (χ4n) is 1.55. The Morgan fingerprint density at radius 1 is 1.44 bits per heavy atom. The molecule has 16 heavy (non-hydrogen) atoms. The second-order valence-corrected chi connectivity index (χ2v) is 4.48. The van der Waals surface area contributed by atoms with Crippen molar-refractivity contribution < 1.29 is 4.74 Å². The van der Waals surface area contributed by atoms with Gasteiger partial charge in [0, 0.05) is 17.5 Å². The van der Waals surface area contributed by atoms with Gasteiger partial charge in [0.1, 0.15) is 10.8 Å². The number of benzene rings is 1. The summed E-state index contributed by atoms with van der Waals surface area (Å²) in [4.78, 5) is 4.46. The first kappa shape index (κ1) is 11.1. The summed E-state index contributed by atoms with van der Waals surface area (Å²) in [7, 11) is 1.67. The number of nitrogens with zero attached hydrogens (tertiary/aromatic N) is 1. The Labute approximate surface area is 98.9 Å². The van der Waals surface area contributed by atoms with Gasteiger partial charge in [-0.15, -0.1) is 11.3 Å². The second kappa shape index (κ2) is 4.63. The van der Waals surface area contributed by atoms with Crippen LogP contribution in [0, 0.1) is 6.92 Å². The van der Waals surface area contributed by atoms with E-state index in [1.54, 1.807) is 18.4 Å². The van der Waals surface area contributed by atoms with Crippen molar-refractivity contribution in [2.24, 2.45) is 5.73 Å². The van der Waals surface area contributed by atoms with Crippen molar-refractivity contribution in [1.82, 2.24) is 4.98 Å². The fraction of sp³-hybridized carbons (Fsp3) is 0.250. The van der Waals surface area contributed by atoms with E-state index in [4.69, 9.17) is 10.5 Å². The Kier molecular flexibility index (Phi) is 3.22. The summed E-state index contributed by atoms with van der Waals surface area (Å²) in [6.45, 7) is 2.54. The molecular formula is C12H14N2OS. The van der Waals surface area contributed by atoms with Crippen LogP contribution in [0.4, 0.5) is 0 Å². The van der Waals surface area contributed by atoms with Gasteiger partial charge in [-0.1, -0.05) is 11.6 Å². The summed E-state index contributed by atoms with van der Waals surface area (Å²) < 4.78 is 5.33. The van der Waals surface area contributed by atoms with E-state index in [1.807, 2.05) is 17.5 Å². The Bertz CT molecular complexity index is 494. The fourth-order valence-corrected chi connectivity index (χ4v) is 2.22. The van der Waals surface area contributed by atoms with Gasteiger partial charge in [-0.2, -0.15) is 0 Å². The summed E-state index contributed by atoms with van der Waals surface area (Å²) in [6, 6.07) is 6.07. The van der Waals surface area contributed by atoms with Crippen LogP contribution in [0.25, 0.3) is 11.3 Å². The molecule has 0 atom stereocenters. The zero-order valence-electron chi connectivity index (χ0n) is 9.36. The summed E-state index contributed by atoms with van der Waals surface area (Å²) in [5.41, 5.74) is 8.71. The minimum Gasteiger partial charge on any atom is -0.496 e. The van der Waals surface area contributed by atoms with Crippen molar-refractivity contribution in [1.29, 1.82) is 0 Å². The van der Waals surface area contributed by atoms with Crippen molar-refractivity contribution >= 4 is 11.3 Å². The van der Waals surface area contributed by atoms with Crippen LogP contribution in [0.3, 0.4) is 0 Å². The monoisotopic (exact) mass is 234 g/mol. The Hall–Kier alpha value is -1.39. The van der Waals surface area contributed by atoms with E-state index in [9.17, 15) is 0 Å². The molecule has 3 nitrogen and oxygen atoms in total. The maximum absolute atomic E-state index is 5.56. The maximum atomic E-state index is 5.56. The van der Waals surface area contributed by atoms with Crippen molar-refractivity contribution in [3.8, 4) is 17.0 Å². The van der Waals surface area contributed by atoms with E-state index in [1.165, 1.54) is 5.56 Å². The maximum Gasteiger partial charge on any atom is 0.128 e. The highest BCUT2D eigenvalue weighted by molar-refractivity contribution is 7.09. The zero-order chi connectivity index (χ0) is 11.5. The molecule has 0 bridgehead atoms. The summed E-state index contributed by atoms with van der Waals surface area (Å²) in [5.74, 6) is 0.847. The van der Waals surface area contributed by atoms with Gasteiger partial charge in [0.05, 0.1) is 12.8 Å². The molecule has 0 aliphatic rings. The lowest BCUT2D eigenvalue weighted by Crippen LogP contribution is -1.95. The molecule has 1 heterocycles. The molecule has 2 N–H and O–H groups in total. The minimum absolute atomic E-state index is 0.485. The summed E-state index contributed by atoms with van der Waals surface area (Å²) in [6.07, 6.45) is 0. The third kappa shape index (κ3) is 2.08. The van der Waals surface area contributed by atoms with Gasteiger partial charge in [0.25, 0.3) is 0 Å². The first-order valence-corrected chi connectivity index (χ1v) is 5.92. The predicted molar refractivity (Wildman–Crippen MR) is 66.7 cm³/mol. The molecule has 0 spiro atoms. The number of hydrogen-bond donors (Lipinski definition) is 1. The lowest BCUT2D eigenvalue weighted by Gasteiger charge is -2.06. The molecule has 0 aliphatic carbocycles.